The molecule has 1 saturated heterocycles. The Hall–Kier alpha value is -3.65. The number of aliphatic hydroxyl groups excluding tert-OH is 1. The fourth-order valence-electron chi connectivity index (χ4n) is 5.88. The summed E-state index contributed by atoms with van der Waals surface area (Å²) < 4.78 is 7.67. The maximum Gasteiger partial charge on any atom is 0.410 e. The van der Waals surface area contributed by atoms with E-state index in [-0.39, 0.29) is 24.1 Å². The number of benzene rings is 2. The average molecular weight is 545 g/mol. The first kappa shape index (κ1) is 27.9. The molecule has 2 aliphatic rings. The van der Waals surface area contributed by atoms with Gasteiger partial charge in [-0.25, -0.2) is 9.78 Å². The fraction of sp³-hybridized carbons (Fsp3) is 0.469. The van der Waals surface area contributed by atoms with Gasteiger partial charge in [-0.2, -0.15) is 0 Å². The standard InChI is InChI=1S/C32H40N4O4/c1-32(2,3)40-31(39)34-18-19-35(25(21-34)20-23-12-6-4-7-13-23)30(38)28-29(24-14-8-5-9-15-24)36(22-33-28)26-16-10-11-17-27(26)37/h4-9,12-15,22,25-27,37H,10-11,16-21H2,1-3H3/t25-,26?,27-/m1/s1. The molecular weight excluding hydrogens is 504 g/mol. The molecule has 3 atom stereocenters. The molecular formula is C32H40N4O4. The highest BCUT2D eigenvalue weighted by molar-refractivity contribution is 5.98. The Morgan fingerprint density at radius 3 is 2.33 bits per heavy atom. The minimum atomic E-state index is -0.597. The zero-order chi connectivity index (χ0) is 28.3. The minimum Gasteiger partial charge on any atom is -0.444 e. The van der Waals surface area contributed by atoms with E-state index < -0.39 is 11.7 Å². The van der Waals surface area contributed by atoms with Crippen molar-refractivity contribution in [2.24, 2.45) is 0 Å². The molecule has 1 aromatic heterocycles. The number of aromatic nitrogens is 2. The number of ether oxygens (including phenoxy) is 1. The molecule has 3 aromatic rings. The number of hydrogen-bond acceptors (Lipinski definition) is 5. The molecule has 2 aromatic carbocycles. The number of imidazole rings is 1. The van der Waals surface area contributed by atoms with E-state index in [0.717, 1.165) is 42.5 Å². The number of nitrogens with zero attached hydrogens (tertiary/aromatic N) is 4. The van der Waals surface area contributed by atoms with Crippen molar-refractivity contribution in [3.63, 3.8) is 0 Å². The SMILES string of the molecule is CC(C)(C)OC(=O)N1CCN(C(=O)c2ncn(C3CCCC[C@H]3O)c2-c2ccccc2)[C@H](Cc2ccccc2)C1. The molecule has 5 rings (SSSR count). The highest BCUT2D eigenvalue weighted by Crippen LogP contribution is 2.35. The van der Waals surface area contributed by atoms with Gasteiger partial charge in [0.2, 0.25) is 0 Å². The van der Waals surface area contributed by atoms with Gasteiger partial charge in [-0.05, 0) is 45.6 Å². The summed E-state index contributed by atoms with van der Waals surface area (Å²) in [7, 11) is 0. The predicted molar refractivity (Wildman–Crippen MR) is 154 cm³/mol. The number of carbonyl (C=O) groups excluding carboxylic acids is 2. The summed E-state index contributed by atoms with van der Waals surface area (Å²) in [5, 5.41) is 10.9. The number of rotatable bonds is 5. The number of piperazine rings is 1. The van der Waals surface area contributed by atoms with Gasteiger partial charge in [0.25, 0.3) is 5.91 Å². The van der Waals surface area contributed by atoms with Crippen molar-refractivity contribution in [2.45, 2.75) is 76.7 Å². The van der Waals surface area contributed by atoms with Crippen LogP contribution in [0.15, 0.2) is 67.0 Å². The quantitative estimate of drug-likeness (QED) is 0.469. The summed E-state index contributed by atoms with van der Waals surface area (Å²) in [5.41, 5.74) is 2.51. The van der Waals surface area contributed by atoms with Crippen LogP contribution in [-0.4, -0.2) is 73.8 Å². The smallest absolute Gasteiger partial charge is 0.410 e. The number of hydrogen-bond donors (Lipinski definition) is 1. The number of amides is 2. The second kappa shape index (κ2) is 11.8. The van der Waals surface area contributed by atoms with E-state index in [2.05, 4.69) is 4.98 Å². The van der Waals surface area contributed by atoms with Crippen LogP contribution < -0.4 is 0 Å². The van der Waals surface area contributed by atoms with E-state index in [4.69, 9.17) is 4.74 Å². The summed E-state index contributed by atoms with van der Waals surface area (Å²) >= 11 is 0. The van der Waals surface area contributed by atoms with Crippen LogP contribution in [-0.2, 0) is 11.2 Å². The zero-order valence-corrected chi connectivity index (χ0v) is 23.7. The first-order valence-corrected chi connectivity index (χ1v) is 14.3. The molecule has 1 saturated carbocycles. The van der Waals surface area contributed by atoms with Crippen LogP contribution in [0.2, 0.25) is 0 Å². The molecule has 212 valence electrons. The summed E-state index contributed by atoms with van der Waals surface area (Å²) in [6.45, 7) is 6.71. The summed E-state index contributed by atoms with van der Waals surface area (Å²) in [5.74, 6) is -0.160. The van der Waals surface area contributed by atoms with Crippen molar-refractivity contribution in [3.05, 3.63) is 78.2 Å². The molecule has 1 unspecified atom stereocenters. The molecule has 40 heavy (non-hydrogen) atoms. The first-order chi connectivity index (χ1) is 19.2. The second-order valence-corrected chi connectivity index (χ2v) is 11.9. The lowest BCUT2D eigenvalue weighted by molar-refractivity contribution is 0.00429. The third-order valence-corrected chi connectivity index (χ3v) is 7.80. The van der Waals surface area contributed by atoms with E-state index in [1.165, 1.54) is 0 Å². The highest BCUT2D eigenvalue weighted by atomic mass is 16.6. The monoisotopic (exact) mass is 544 g/mol. The van der Waals surface area contributed by atoms with Gasteiger partial charge in [-0.3, -0.25) is 4.79 Å². The van der Waals surface area contributed by atoms with Gasteiger partial charge in [-0.15, -0.1) is 0 Å². The van der Waals surface area contributed by atoms with Gasteiger partial charge in [0, 0.05) is 25.2 Å². The van der Waals surface area contributed by atoms with Gasteiger partial charge in [0.1, 0.15) is 5.60 Å². The number of carbonyl (C=O) groups is 2. The number of aliphatic hydroxyl groups is 1. The van der Waals surface area contributed by atoms with E-state index in [9.17, 15) is 14.7 Å². The lowest BCUT2D eigenvalue weighted by Gasteiger charge is -2.41. The summed E-state index contributed by atoms with van der Waals surface area (Å²) in [6.07, 6.45) is 5.11. The molecule has 0 bridgehead atoms. The van der Waals surface area contributed by atoms with Crippen LogP contribution in [0.4, 0.5) is 4.79 Å². The van der Waals surface area contributed by atoms with Crippen LogP contribution in [0, 0.1) is 0 Å². The van der Waals surface area contributed by atoms with E-state index in [0.29, 0.717) is 31.7 Å². The molecule has 0 radical (unpaired) electrons. The molecule has 8 nitrogen and oxygen atoms in total. The Bertz CT molecular complexity index is 1300. The van der Waals surface area contributed by atoms with Crippen LogP contribution in [0.1, 0.15) is 68.5 Å². The largest absolute Gasteiger partial charge is 0.444 e. The Kier molecular flexibility index (Phi) is 8.26. The molecule has 2 fully saturated rings. The molecule has 8 heteroatoms. The van der Waals surface area contributed by atoms with Crippen LogP contribution >= 0.6 is 0 Å². The van der Waals surface area contributed by atoms with Gasteiger partial charge < -0.3 is 24.2 Å². The van der Waals surface area contributed by atoms with Gasteiger partial charge in [0.05, 0.1) is 30.2 Å². The third-order valence-electron chi connectivity index (χ3n) is 7.80. The Morgan fingerprint density at radius 1 is 0.975 bits per heavy atom. The van der Waals surface area contributed by atoms with Crippen molar-refractivity contribution in [2.75, 3.05) is 19.6 Å². The summed E-state index contributed by atoms with van der Waals surface area (Å²) in [4.78, 5) is 35.5. The zero-order valence-electron chi connectivity index (χ0n) is 23.7. The maximum atomic E-state index is 14.3. The Balaban J connectivity index is 1.48. The normalized spacial score (nSPS) is 21.8. The van der Waals surface area contributed by atoms with Crippen molar-refractivity contribution >= 4 is 12.0 Å². The first-order valence-electron chi connectivity index (χ1n) is 14.3. The molecule has 1 aliphatic heterocycles. The van der Waals surface area contributed by atoms with Crippen LogP contribution in [0.5, 0.6) is 0 Å². The third kappa shape index (κ3) is 6.22. The molecule has 0 spiro atoms. The van der Waals surface area contributed by atoms with Crippen molar-refractivity contribution < 1.29 is 19.4 Å². The second-order valence-electron chi connectivity index (χ2n) is 11.9. The van der Waals surface area contributed by atoms with E-state index >= 15 is 0 Å². The Morgan fingerprint density at radius 2 is 1.65 bits per heavy atom. The predicted octanol–water partition coefficient (Wildman–Crippen LogP) is 5.33. The lowest BCUT2D eigenvalue weighted by atomic mass is 9.92. The summed E-state index contributed by atoms with van der Waals surface area (Å²) in [6, 6.07) is 19.5. The van der Waals surface area contributed by atoms with Crippen molar-refractivity contribution in [1.29, 1.82) is 0 Å². The van der Waals surface area contributed by atoms with Crippen LogP contribution in [0.3, 0.4) is 0 Å². The molecule has 1 aliphatic carbocycles. The Labute approximate surface area is 236 Å². The molecule has 1 N–H and O–H groups in total. The van der Waals surface area contributed by atoms with Gasteiger partial charge >= 0.3 is 6.09 Å². The molecule has 2 heterocycles. The fourth-order valence-corrected chi connectivity index (χ4v) is 5.88. The van der Waals surface area contributed by atoms with Crippen molar-refractivity contribution in [3.8, 4) is 11.3 Å². The van der Waals surface area contributed by atoms with Crippen LogP contribution in [0.25, 0.3) is 11.3 Å². The highest BCUT2D eigenvalue weighted by Gasteiger charge is 2.37. The van der Waals surface area contributed by atoms with E-state index in [1.54, 1.807) is 11.2 Å². The topological polar surface area (TPSA) is 87.9 Å². The lowest BCUT2D eigenvalue weighted by Crippen LogP contribution is -2.58. The maximum absolute atomic E-state index is 14.3. The minimum absolute atomic E-state index is 0.123. The van der Waals surface area contributed by atoms with Crippen molar-refractivity contribution in [1.82, 2.24) is 19.4 Å². The van der Waals surface area contributed by atoms with E-state index in [1.807, 2.05) is 90.9 Å². The molecule has 2 amide bonds. The van der Waals surface area contributed by atoms with Gasteiger partial charge in [-0.1, -0.05) is 73.5 Å². The van der Waals surface area contributed by atoms with Gasteiger partial charge in [0.15, 0.2) is 5.69 Å². The average Bonchev–Trinajstić information content (AvgIpc) is 3.38.